The van der Waals surface area contributed by atoms with Crippen LogP contribution in [0.5, 0.6) is 0 Å². The summed E-state index contributed by atoms with van der Waals surface area (Å²) >= 11 is 1.77. The number of thiophene rings is 1. The molecule has 2 aromatic rings. The van der Waals surface area contributed by atoms with Crippen LogP contribution in [0.3, 0.4) is 0 Å². The third kappa shape index (κ3) is 3.37. The normalized spacial score (nSPS) is 21.7. The maximum atomic E-state index is 4.24. The third-order valence-electron chi connectivity index (χ3n) is 5.78. The Morgan fingerprint density at radius 1 is 1.22 bits per heavy atom. The van der Waals surface area contributed by atoms with Gasteiger partial charge in [-0.25, -0.2) is 0 Å². The van der Waals surface area contributed by atoms with Crippen molar-refractivity contribution in [2.75, 3.05) is 13.1 Å². The molecule has 5 heteroatoms. The van der Waals surface area contributed by atoms with Gasteiger partial charge >= 0.3 is 0 Å². The third-order valence-corrected chi connectivity index (χ3v) is 6.66. The van der Waals surface area contributed by atoms with Gasteiger partial charge in [0.25, 0.3) is 0 Å². The van der Waals surface area contributed by atoms with E-state index in [2.05, 4.69) is 38.3 Å². The first-order valence-electron chi connectivity index (χ1n) is 8.85. The summed E-state index contributed by atoms with van der Waals surface area (Å²) in [5.74, 6) is 0. The summed E-state index contributed by atoms with van der Waals surface area (Å²) in [6.45, 7) is 3.36. The molecule has 0 radical (unpaired) electrons. The molecule has 1 saturated heterocycles. The van der Waals surface area contributed by atoms with E-state index in [0.29, 0.717) is 11.5 Å². The minimum atomic E-state index is 0.654. The van der Waals surface area contributed by atoms with Gasteiger partial charge in [-0.05, 0) is 68.5 Å². The number of hydrogen-bond donors (Lipinski definition) is 3. The van der Waals surface area contributed by atoms with Gasteiger partial charge in [-0.15, -0.1) is 11.3 Å². The zero-order chi connectivity index (χ0) is 15.5. The van der Waals surface area contributed by atoms with Gasteiger partial charge < -0.3 is 10.6 Å². The lowest BCUT2D eigenvalue weighted by molar-refractivity contribution is 0.115. The molecule has 2 aliphatic rings. The van der Waals surface area contributed by atoms with Crippen LogP contribution in [0.15, 0.2) is 23.7 Å². The van der Waals surface area contributed by atoms with Crippen molar-refractivity contribution in [2.24, 2.45) is 5.41 Å². The van der Waals surface area contributed by atoms with E-state index in [4.69, 9.17) is 0 Å². The van der Waals surface area contributed by atoms with E-state index in [-0.39, 0.29) is 0 Å². The summed E-state index contributed by atoms with van der Waals surface area (Å²) in [7, 11) is 0. The summed E-state index contributed by atoms with van der Waals surface area (Å²) in [6.07, 6.45) is 10.2. The molecule has 1 saturated carbocycles. The molecule has 1 spiro atoms. The van der Waals surface area contributed by atoms with Crippen molar-refractivity contribution in [1.29, 1.82) is 0 Å². The summed E-state index contributed by atoms with van der Waals surface area (Å²) in [5, 5.41) is 16.8. The molecule has 4 rings (SSSR count). The minimum absolute atomic E-state index is 0.654. The predicted molar refractivity (Wildman–Crippen MR) is 95.5 cm³/mol. The SMILES string of the molecule is c1csc(-c2[nH]ncc2CNC2CCC3(CCNCC3)CC2)c1. The zero-order valence-corrected chi connectivity index (χ0v) is 14.4. The monoisotopic (exact) mass is 330 g/mol. The molecule has 0 unspecified atom stereocenters. The Morgan fingerprint density at radius 3 is 2.78 bits per heavy atom. The molecule has 3 N–H and O–H groups in total. The van der Waals surface area contributed by atoms with Crippen LogP contribution < -0.4 is 10.6 Å². The summed E-state index contributed by atoms with van der Waals surface area (Å²) in [6, 6.07) is 4.92. The van der Waals surface area contributed by atoms with Crippen molar-refractivity contribution in [3.63, 3.8) is 0 Å². The molecule has 0 atom stereocenters. The van der Waals surface area contributed by atoms with Crippen molar-refractivity contribution in [2.45, 2.75) is 51.1 Å². The van der Waals surface area contributed by atoms with Gasteiger partial charge in [0, 0.05) is 18.2 Å². The van der Waals surface area contributed by atoms with Gasteiger partial charge in [0.2, 0.25) is 0 Å². The fraction of sp³-hybridized carbons (Fsp3) is 0.611. The summed E-state index contributed by atoms with van der Waals surface area (Å²) < 4.78 is 0. The van der Waals surface area contributed by atoms with Crippen LogP contribution in [0.1, 0.15) is 44.1 Å². The molecule has 2 fully saturated rings. The highest BCUT2D eigenvalue weighted by atomic mass is 32.1. The van der Waals surface area contributed by atoms with Crippen LogP contribution in [-0.2, 0) is 6.54 Å². The van der Waals surface area contributed by atoms with Crippen molar-refractivity contribution >= 4 is 11.3 Å². The van der Waals surface area contributed by atoms with Crippen LogP contribution in [0, 0.1) is 5.41 Å². The van der Waals surface area contributed by atoms with Crippen molar-refractivity contribution in [3.05, 3.63) is 29.3 Å². The number of H-pyrrole nitrogens is 1. The van der Waals surface area contributed by atoms with Crippen LogP contribution in [-0.4, -0.2) is 29.3 Å². The van der Waals surface area contributed by atoms with Gasteiger partial charge in [-0.3, -0.25) is 5.10 Å². The highest BCUT2D eigenvalue weighted by Gasteiger charge is 2.35. The van der Waals surface area contributed by atoms with Crippen LogP contribution >= 0.6 is 11.3 Å². The van der Waals surface area contributed by atoms with E-state index < -0.39 is 0 Å². The lowest BCUT2D eigenvalue weighted by Gasteiger charge is -2.43. The lowest BCUT2D eigenvalue weighted by Crippen LogP contribution is -2.42. The molecular formula is C18H26N4S. The number of aromatic amines is 1. The second-order valence-corrected chi connectivity index (χ2v) is 8.10. The maximum absolute atomic E-state index is 4.24. The quantitative estimate of drug-likeness (QED) is 0.804. The molecular weight excluding hydrogens is 304 g/mol. The summed E-state index contributed by atoms with van der Waals surface area (Å²) in [5.41, 5.74) is 3.12. The Bertz CT molecular complexity index is 603. The summed E-state index contributed by atoms with van der Waals surface area (Å²) in [4.78, 5) is 1.27. The van der Waals surface area contributed by atoms with Gasteiger partial charge in [-0.2, -0.15) is 5.10 Å². The number of aromatic nitrogens is 2. The second kappa shape index (κ2) is 6.75. The Morgan fingerprint density at radius 2 is 2.04 bits per heavy atom. The van der Waals surface area contributed by atoms with E-state index >= 15 is 0 Å². The van der Waals surface area contributed by atoms with Gasteiger partial charge in [0.05, 0.1) is 16.8 Å². The van der Waals surface area contributed by atoms with Gasteiger partial charge in [0.1, 0.15) is 0 Å². The van der Waals surface area contributed by atoms with Crippen molar-refractivity contribution in [1.82, 2.24) is 20.8 Å². The topological polar surface area (TPSA) is 52.7 Å². The second-order valence-electron chi connectivity index (χ2n) is 7.15. The first-order valence-corrected chi connectivity index (χ1v) is 9.73. The van der Waals surface area contributed by atoms with E-state index in [9.17, 15) is 0 Å². The molecule has 3 heterocycles. The smallest absolute Gasteiger partial charge is 0.0794 e. The zero-order valence-electron chi connectivity index (χ0n) is 13.6. The maximum Gasteiger partial charge on any atom is 0.0794 e. The first kappa shape index (κ1) is 15.4. The van der Waals surface area contributed by atoms with Crippen LogP contribution in [0.25, 0.3) is 10.6 Å². The molecule has 0 amide bonds. The molecule has 0 aromatic carbocycles. The van der Waals surface area contributed by atoms with Gasteiger partial charge in [-0.1, -0.05) is 6.07 Å². The van der Waals surface area contributed by atoms with Crippen LogP contribution in [0.4, 0.5) is 0 Å². The Balaban J connectivity index is 1.32. The number of rotatable bonds is 4. The fourth-order valence-corrected chi connectivity index (χ4v) is 4.98. The van der Waals surface area contributed by atoms with Crippen molar-refractivity contribution in [3.8, 4) is 10.6 Å². The van der Waals surface area contributed by atoms with E-state index in [1.807, 2.05) is 6.20 Å². The minimum Gasteiger partial charge on any atom is -0.317 e. The van der Waals surface area contributed by atoms with Crippen LogP contribution in [0.2, 0.25) is 0 Å². The molecule has 1 aliphatic heterocycles. The average Bonchev–Trinajstić information content (AvgIpc) is 3.26. The molecule has 23 heavy (non-hydrogen) atoms. The molecule has 4 nitrogen and oxygen atoms in total. The Labute approximate surface area is 142 Å². The van der Waals surface area contributed by atoms with E-state index in [0.717, 1.165) is 6.54 Å². The molecule has 0 bridgehead atoms. The first-order chi connectivity index (χ1) is 11.3. The highest BCUT2D eigenvalue weighted by Crippen LogP contribution is 2.43. The van der Waals surface area contributed by atoms with Crippen molar-refractivity contribution < 1.29 is 0 Å². The fourth-order valence-electron chi connectivity index (χ4n) is 4.22. The molecule has 1 aliphatic carbocycles. The number of hydrogen-bond acceptors (Lipinski definition) is 4. The lowest BCUT2D eigenvalue weighted by atomic mass is 9.67. The number of nitrogens with one attached hydrogen (secondary N) is 3. The van der Waals surface area contributed by atoms with E-state index in [1.165, 1.54) is 67.7 Å². The van der Waals surface area contributed by atoms with E-state index in [1.54, 1.807) is 11.3 Å². The van der Waals surface area contributed by atoms with Gasteiger partial charge in [0.15, 0.2) is 0 Å². The Hall–Kier alpha value is -1.17. The Kier molecular flexibility index (Phi) is 4.51. The largest absolute Gasteiger partial charge is 0.317 e. The number of nitrogens with zero attached hydrogens (tertiary/aromatic N) is 1. The molecule has 124 valence electrons. The molecule has 2 aromatic heterocycles. The standard InChI is InChI=1S/C18H26N4S/c1-2-16(23-11-1)17-14(13-21-22-17)12-20-15-3-5-18(6-4-15)7-9-19-10-8-18/h1-2,11,13,15,19-20H,3-10,12H2,(H,21,22). The number of piperidine rings is 1. The predicted octanol–water partition coefficient (Wildman–Crippen LogP) is 3.54. The average molecular weight is 331 g/mol. The highest BCUT2D eigenvalue weighted by molar-refractivity contribution is 7.13.